The van der Waals surface area contributed by atoms with Crippen molar-refractivity contribution in [3.8, 4) is 5.75 Å². The van der Waals surface area contributed by atoms with Crippen LogP contribution in [0.1, 0.15) is 62.9 Å². The highest BCUT2D eigenvalue weighted by Crippen LogP contribution is 2.53. The number of carbonyl (C=O) groups excluding carboxylic acids is 2. The molecule has 4 aromatic rings. The van der Waals surface area contributed by atoms with Crippen LogP contribution in [-0.2, 0) is 12.4 Å². The van der Waals surface area contributed by atoms with Gasteiger partial charge in [-0.1, -0.05) is 12.1 Å². The summed E-state index contributed by atoms with van der Waals surface area (Å²) in [6.45, 7) is 3.37. The lowest BCUT2D eigenvalue weighted by molar-refractivity contribution is -0.140. The van der Waals surface area contributed by atoms with Crippen molar-refractivity contribution in [3.05, 3.63) is 87.5 Å². The van der Waals surface area contributed by atoms with Gasteiger partial charge in [-0.3, -0.25) is 9.59 Å². The molecule has 6 nitrogen and oxygen atoms in total. The van der Waals surface area contributed by atoms with Crippen LogP contribution in [0.3, 0.4) is 0 Å². The molecule has 1 fully saturated rings. The van der Waals surface area contributed by atoms with Crippen LogP contribution >= 0.6 is 11.3 Å². The van der Waals surface area contributed by atoms with Crippen LogP contribution in [0.4, 0.5) is 42.1 Å². The zero-order valence-electron chi connectivity index (χ0n) is 23.8. The summed E-state index contributed by atoms with van der Waals surface area (Å²) in [4.78, 5) is 26.7. The lowest BCUT2D eigenvalue weighted by Gasteiger charge is -2.17. The van der Waals surface area contributed by atoms with E-state index in [1.807, 2.05) is 0 Å². The summed E-state index contributed by atoms with van der Waals surface area (Å²) >= 11 is 0.581. The van der Waals surface area contributed by atoms with Crippen LogP contribution in [0.25, 0.3) is 10.1 Å². The lowest BCUT2D eigenvalue weighted by Crippen LogP contribution is -2.22. The SMILES string of the molecule is COc1ccc(C2CC2C(C)(C)O)cc1C(=O)Nc1c(C(=O)Nc2ccc(F)c(C(F)(F)F)c2)sc2cc(C(F)(F)F)ccc12. The van der Waals surface area contributed by atoms with Crippen molar-refractivity contribution in [2.45, 2.75) is 44.1 Å². The number of fused-ring (bicyclic) bond motifs is 1. The van der Waals surface area contributed by atoms with Gasteiger partial charge >= 0.3 is 12.4 Å². The minimum Gasteiger partial charge on any atom is -0.496 e. The van der Waals surface area contributed by atoms with Crippen molar-refractivity contribution in [2.24, 2.45) is 5.92 Å². The summed E-state index contributed by atoms with van der Waals surface area (Å²) in [5.74, 6) is -3.32. The van der Waals surface area contributed by atoms with Gasteiger partial charge in [0.2, 0.25) is 0 Å². The maximum Gasteiger partial charge on any atom is 0.419 e. The molecule has 0 radical (unpaired) electrons. The number of hydrogen-bond acceptors (Lipinski definition) is 5. The molecule has 1 saturated carbocycles. The molecule has 14 heteroatoms. The molecule has 5 rings (SSSR count). The van der Waals surface area contributed by atoms with Crippen molar-refractivity contribution < 1.29 is 50.2 Å². The topological polar surface area (TPSA) is 87.7 Å². The van der Waals surface area contributed by atoms with Gasteiger partial charge in [0.1, 0.15) is 16.4 Å². The second-order valence-electron chi connectivity index (χ2n) is 11.2. The van der Waals surface area contributed by atoms with Gasteiger partial charge in [-0.05, 0) is 80.1 Å². The molecular weight excluding hydrogens is 629 g/mol. The van der Waals surface area contributed by atoms with E-state index >= 15 is 0 Å². The first-order valence-electron chi connectivity index (χ1n) is 13.4. The van der Waals surface area contributed by atoms with Crippen molar-refractivity contribution >= 4 is 44.6 Å². The van der Waals surface area contributed by atoms with Crippen LogP contribution in [0.15, 0.2) is 54.6 Å². The molecule has 0 saturated heterocycles. The number of anilines is 2. The third-order valence-electron chi connectivity index (χ3n) is 7.59. The average molecular weight is 655 g/mol. The molecule has 0 spiro atoms. The fourth-order valence-electron chi connectivity index (χ4n) is 5.22. The van der Waals surface area contributed by atoms with E-state index in [2.05, 4.69) is 10.6 Å². The zero-order valence-corrected chi connectivity index (χ0v) is 24.6. The first-order chi connectivity index (χ1) is 20.9. The van der Waals surface area contributed by atoms with Crippen molar-refractivity contribution in [3.63, 3.8) is 0 Å². The van der Waals surface area contributed by atoms with Gasteiger partial charge in [-0.25, -0.2) is 4.39 Å². The maximum absolute atomic E-state index is 13.8. The van der Waals surface area contributed by atoms with Crippen molar-refractivity contribution in [1.29, 1.82) is 0 Å². The number of amides is 2. The Morgan fingerprint density at radius 3 is 2.22 bits per heavy atom. The van der Waals surface area contributed by atoms with Gasteiger partial charge in [-0.15, -0.1) is 11.3 Å². The van der Waals surface area contributed by atoms with Crippen molar-refractivity contribution in [1.82, 2.24) is 0 Å². The molecule has 0 bridgehead atoms. The van der Waals surface area contributed by atoms with E-state index in [0.29, 0.717) is 29.9 Å². The quantitative estimate of drug-likeness (QED) is 0.175. The number of hydrogen-bond donors (Lipinski definition) is 3. The van der Waals surface area contributed by atoms with E-state index in [1.54, 1.807) is 32.0 Å². The van der Waals surface area contributed by atoms with Crippen molar-refractivity contribution in [2.75, 3.05) is 17.7 Å². The Bertz CT molecular complexity index is 1810. The predicted octanol–water partition coefficient (Wildman–Crippen LogP) is 8.47. The minimum atomic E-state index is -5.06. The standard InChI is InChI=1S/C31H25F7N2O4S/c1-29(2,43)20-13-18(20)14-4-9-23(44-3)19(10-14)27(41)40-25-17-7-5-15(30(33,34)35)11-24(17)45-26(25)28(42)39-16-6-8-22(32)21(12-16)31(36,37)38/h4-12,18,20,43H,13H2,1-3H3,(H,39,42)(H,40,41). The highest BCUT2D eigenvalue weighted by molar-refractivity contribution is 7.21. The molecule has 1 aromatic heterocycles. The Kier molecular flexibility index (Phi) is 8.11. The summed E-state index contributed by atoms with van der Waals surface area (Å²) in [6.07, 6.45) is -9.10. The van der Waals surface area contributed by atoms with E-state index in [-0.39, 0.29) is 43.8 Å². The van der Waals surface area contributed by atoms with E-state index in [0.717, 1.165) is 29.8 Å². The summed E-state index contributed by atoms with van der Waals surface area (Å²) in [7, 11) is 1.33. The third kappa shape index (κ3) is 6.61. The summed E-state index contributed by atoms with van der Waals surface area (Å²) < 4.78 is 99.2. The first kappa shape index (κ1) is 32.2. The third-order valence-corrected chi connectivity index (χ3v) is 8.74. The Morgan fingerprint density at radius 1 is 0.911 bits per heavy atom. The van der Waals surface area contributed by atoms with E-state index in [9.17, 15) is 45.4 Å². The molecule has 238 valence electrons. The highest BCUT2D eigenvalue weighted by Gasteiger charge is 2.47. The molecule has 3 N–H and O–H groups in total. The Morgan fingerprint density at radius 2 is 1.62 bits per heavy atom. The monoisotopic (exact) mass is 654 g/mol. The Hall–Kier alpha value is -4.17. The lowest BCUT2D eigenvalue weighted by atomic mass is 9.97. The zero-order chi connectivity index (χ0) is 33.1. The molecule has 1 heterocycles. The number of rotatable bonds is 7. The van der Waals surface area contributed by atoms with Gasteiger partial charge in [0, 0.05) is 15.8 Å². The van der Waals surface area contributed by atoms with Crippen LogP contribution in [0.2, 0.25) is 0 Å². The summed E-state index contributed by atoms with van der Waals surface area (Å²) in [5.41, 5.74) is -3.43. The summed E-state index contributed by atoms with van der Waals surface area (Å²) in [5, 5.41) is 15.2. The number of nitrogens with one attached hydrogen (secondary N) is 2. The molecule has 2 unspecified atom stereocenters. The molecule has 3 aromatic carbocycles. The highest BCUT2D eigenvalue weighted by atomic mass is 32.1. The van der Waals surface area contributed by atoms with Gasteiger partial charge in [-0.2, -0.15) is 26.3 Å². The van der Waals surface area contributed by atoms with E-state index in [4.69, 9.17) is 4.74 Å². The number of methoxy groups -OCH3 is 1. The fourth-order valence-corrected chi connectivity index (χ4v) is 6.32. The second-order valence-corrected chi connectivity index (χ2v) is 12.2. The Balaban J connectivity index is 1.54. The number of alkyl halides is 6. The van der Waals surface area contributed by atoms with Crippen LogP contribution in [-0.4, -0.2) is 29.6 Å². The molecule has 45 heavy (non-hydrogen) atoms. The van der Waals surface area contributed by atoms with Gasteiger partial charge in [0.15, 0.2) is 0 Å². The minimum absolute atomic E-state index is 0.0351. The van der Waals surface area contributed by atoms with Crippen LogP contribution in [0.5, 0.6) is 5.75 Å². The molecule has 1 aliphatic carbocycles. The van der Waals surface area contributed by atoms with E-state index in [1.165, 1.54) is 7.11 Å². The molecule has 0 aliphatic heterocycles. The number of ether oxygens (including phenoxy) is 1. The summed E-state index contributed by atoms with van der Waals surface area (Å²) in [6, 6.07) is 9.31. The number of benzene rings is 3. The average Bonchev–Trinajstić information content (AvgIpc) is 3.69. The van der Waals surface area contributed by atoms with E-state index < -0.39 is 52.4 Å². The number of halogens is 7. The second kappa shape index (κ2) is 11.3. The van der Waals surface area contributed by atoms with Gasteiger partial charge < -0.3 is 20.5 Å². The maximum atomic E-state index is 13.8. The van der Waals surface area contributed by atoms with Gasteiger partial charge in [0.05, 0.1) is 35.1 Å². The van der Waals surface area contributed by atoms with Crippen LogP contribution < -0.4 is 15.4 Å². The fraction of sp³-hybridized carbons (Fsp3) is 0.290. The normalized spacial score (nSPS) is 16.9. The molecule has 2 amide bonds. The smallest absolute Gasteiger partial charge is 0.419 e. The first-order valence-corrected chi connectivity index (χ1v) is 14.2. The number of carbonyl (C=O) groups is 2. The molecular formula is C31H25F7N2O4S. The Labute approximate surface area is 255 Å². The number of aliphatic hydroxyl groups is 1. The molecule has 1 aliphatic rings. The largest absolute Gasteiger partial charge is 0.496 e. The molecule has 2 atom stereocenters. The van der Waals surface area contributed by atoms with Gasteiger partial charge in [0.25, 0.3) is 11.8 Å². The van der Waals surface area contributed by atoms with Crippen LogP contribution in [0, 0.1) is 11.7 Å². The predicted molar refractivity (Wildman–Crippen MR) is 154 cm³/mol. The number of thiophene rings is 1.